The van der Waals surface area contributed by atoms with E-state index in [-0.39, 0.29) is 18.0 Å². The van der Waals surface area contributed by atoms with Crippen molar-refractivity contribution in [3.63, 3.8) is 0 Å². The van der Waals surface area contributed by atoms with E-state index in [2.05, 4.69) is 33.3 Å². The zero-order chi connectivity index (χ0) is 18.8. The molecule has 0 fully saturated rings. The van der Waals surface area contributed by atoms with Crippen molar-refractivity contribution in [1.82, 2.24) is 19.7 Å². The van der Waals surface area contributed by atoms with Gasteiger partial charge in [-0.25, -0.2) is 4.68 Å². The van der Waals surface area contributed by atoms with E-state index < -0.39 is 0 Å². The van der Waals surface area contributed by atoms with Gasteiger partial charge in [-0.1, -0.05) is 36.4 Å². The highest BCUT2D eigenvalue weighted by Gasteiger charge is 2.09. The number of carbonyl (C=O) groups is 1. The van der Waals surface area contributed by atoms with Crippen molar-refractivity contribution >= 4 is 27.6 Å². The Bertz CT molecular complexity index is 1190. The van der Waals surface area contributed by atoms with Gasteiger partial charge in [0.05, 0.1) is 11.6 Å². The smallest absolute Gasteiger partial charge is 0.275 e. The van der Waals surface area contributed by atoms with E-state index in [0.29, 0.717) is 11.9 Å². The molecule has 2 aromatic carbocycles. The van der Waals surface area contributed by atoms with Gasteiger partial charge in [-0.3, -0.25) is 9.59 Å². The molecule has 0 bridgehead atoms. The van der Waals surface area contributed by atoms with Gasteiger partial charge in [-0.2, -0.15) is 5.10 Å². The number of aromatic nitrogens is 3. The van der Waals surface area contributed by atoms with Crippen molar-refractivity contribution in [2.75, 3.05) is 6.54 Å². The predicted molar refractivity (Wildman–Crippen MR) is 106 cm³/mol. The minimum absolute atomic E-state index is 0.0841. The van der Waals surface area contributed by atoms with Gasteiger partial charge >= 0.3 is 0 Å². The van der Waals surface area contributed by atoms with Gasteiger partial charge in [-0.15, -0.1) is 0 Å². The van der Waals surface area contributed by atoms with Crippen LogP contribution in [0.25, 0.3) is 21.7 Å². The number of rotatable bonds is 5. The quantitative estimate of drug-likeness (QED) is 0.593. The summed E-state index contributed by atoms with van der Waals surface area (Å²) in [5.74, 6) is -0.222. The molecule has 0 radical (unpaired) electrons. The molecule has 2 heterocycles. The molecular formula is C21H20N4O2. The summed E-state index contributed by atoms with van der Waals surface area (Å²) in [7, 11) is 2.02. The average Bonchev–Trinajstić information content (AvgIpc) is 3.00. The standard InChI is InChI=1S/C21H20N4O2/c1-24-13-16(17-7-4-5-9-19(17)24)10-11-22-20(26)14-25-21(27)18-8-3-2-6-15(18)12-23-25/h2-9,12-13H,10-11,14H2,1H3,(H,22,26). The minimum atomic E-state index is -0.252. The summed E-state index contributed by atoms with van der Waals surface area (Å²) in [6.45, 7) is 0.425. The van der Waals surface area contributed by atoms with Gasteiger partial charge in [-0.05, 0) is 24.1 Å². The zero-order valence-corrected chi connectivity index (χ0v) is 15.1. The molecule has 0 unspecified atom stereocenters. The Morgan fingerprint density at radius 2 is 1.81 bits per heavy atom. The number of nitrogens with zero attached hydrogens (tertiary/aromatic N) is 3. The Labute approximate surface area is 156 Å². The highest BCUT2D eigenvalue weighted by Crippen LogP contribution is 2.20. The molecule has 6 nitrogen and oxygen atoms in total. The Balaban J connectivity index is 1.41. The molecule has 0 aliphatic heterocycles. The summed E-state index contributed by atoms with van der Waals surface area (Å²) in [5.41, 5.74) is 2.11. The minimum Gasteiger partial charge on any atom is -0.354 e. The van der Waals surface area contributed by atoms with Crippen LogP contribution in [-0.4, -0.2) is 26.8 Å². The fourth-order valence-corrected chi connectivity index (χ4v) is 3.39. The lowest BCUT2D eigenvalue weighted by molar-refractivity contribution is -0.121. The molecule has 6 heteroatoms. The number of aryl methyl sites for hydroxylation is 1. The van der Waals surface area contributed by atoms with E-state index in [0.717, 1.165) is 11.8 Å². The Kier molecular flexibility index (Phi) is 4.46. The van der Waals surface area contributed by atoms with E-state index in [9.17, 15) is 9.59 Å². The van der Waals surface area contributed by atoms with Crippen LogP contribution in [0.4, 0.5) is 0 Å². The van der Waals surface area contributed by atoms with Gasteiger partial charge in [0.15, 0.2) is 0 Å². The van der Waals surface area contributed by atoms with Crippen LogP contribution in [-0.2, 0) is 24.8 Å². The second kappa shape index (κ2) is 7.07. The number of para-hydroxylation sites is 1. The molecule has 0 spiro atoms. The first-order valence-electron chi connectivity index (χ1n) is 8.88. The van der Waals surface area contributed by atoms with Crippen LogP contribution < -0.4 is 10.9 Å². The molecule has 1 N–H and O–H groups in total. The molecule has 0 aliphatic rings. The summed E-state index contributed by atoms with van der Waals surface area (Å²) >= 11 is 0. The molecule has 0 saturated heterocycles. The Hall–Kier alpha value is -3.41. The van der Waals surface area contributed by atoms with E-state index in [1.54, 1.807) is 18.3 Å². The molecule has 4 rings (SSSR count). The molecule has 2 aromatic heterocycles. The van der Waals surface area contributed by atoms with Crippen molar-refractivity contribution in [3.8, 4) is 0 Å². The van der Waals surface area contributed by atoms with E-state index >= 15 is 0 Å². The lowest BCUT2D eigenvalue weighted by Gasteiger charge is -2.07. The van der Waals surface area contributed by atoms with E-state index in [4.69, 9.17) is 0 Å². The first-order chi connectivity index (χ1) is 13.1. The highest BCUT2D eigenvalue weighted by molar-refractivity contribution is 5.84. The molecule has 0 aliphatic carbocycles. The second-order valence-electron chi connectivity index (χ2n) is 6.58. The molecule has 27 heavy (non-hydrogen) atoms. The largest absolute Gasteiger partial charge is 0.354 e. The molecule has 4 aromatic rings. The van der Waals surface area contributed by atoms with Crippen LogP contribution in [0.1, 0.15) is 5.56 Å². The van der Waals surface area contributed by atoms with Gasteiger partial charge in [0.2, 0.25) is 5.91 Å². The third-order valence-corrected chi connectivity index (χ3v) is 4.75. The van der Waals surface area contributed by atoms with E-state index in [1.165, 1.54) is 21.1 Å². The fourth-order valence-electron chi connectivity index (χ4n) is 3.39. The van der Waals surface area contributed by atoms with Crippen LogP contribution in [0, 0.1) is 0 Å². The number of fused-ring (bicyclic) bond motifs is 2. The maximum Gasteiger partial charge on any atom is 0.275 e. The molecule has 1 amide bonds. The lowest BCUT2D eigenvalue weighted by Crippen LogP contribution is -2.34. The van der Waals surface area contributed by atoms with Crippen LogP contribution in [0.3, 0.4) is 0 Å². The third-order valence-electron chi connectivity index (χ3n) is 4.75. The fraction of sp³-hybridized carbons (Fsp3) is 0.190. The Morgan fingerprint density at radius 1 is 1.07 bits per heavy atom. The first-order valence-corrected chi connectivity index (χ1v) is 8.88. The summed E-state index contributed by atoms with van der Waals surface area (Å²) in [6, 6.07) is 15.4. The van der Waals surface area contributed by atoms with Gasteiger partial charge in [0.1, 0.15) is 6.54 Å². The molecule has 0 saturated carbocycles. The van der Waals surface area contributed by atoms with Crippen LogP contribution >= 0.6 is 0 Å². The molecule has 136 valence electrons. The van der Waals surface area contributed by atoms with Crippen LogP contribution in [0.15, 0.2) is 65.7 Å². The van der Waals surface area contributed by atoms with E-state index in [1.807, 2.05) is 31.3 Å². The number of carbonyl (C=O) groups excluding carboxylic acids is 1. The van der Waals surface area contributed by atoms with Gasteiger partial charge < -0.3 is 9.88 Å². The highest BCUT2D eigenvalue weighted by atomic mass is 16.2. The molecular weight excluding hydrogens is 340 g/mol. The summed E-state index contributed by atoms with van der Waals surface area (Å²) in [5, 5.41) is 9.51. The monoisotopic (exact) mass is 360 g/mol. The number of hydrogen-bond donors (Lipinski definition) is 1. The predicted octanol–water partition coefficient (Wildman–Crippen LogP) is 2.25. The first kappa shape index (κ1) is 17.0. The average molecular weight is 360 g/mol. The summed E-state index contributed by atoms with van der Waals surface area (Å²) in [6.07, 6.45) is 4.43. The van der Waals surface area contributed by atoms with Crippen molar-refractivity contribution < 1.29 is 4.79 Å². The number of amides is 1. The third kappa shape index (κ3) is 3.33. The number of benzene rings is 2. The van der Waals surface area contributed by atoms with Crippen molar-refractivity contribution in [2.45, 2.75) is 13.0 Å². The Morgan fingerprint density at radius 3 is 2.67 bits per heavy atom. The van der Waals surface area contributed by atoms with Crippen molar-refractivity contribution in [2.24, 2.45) is 7.05 Å². The van der Waals surface area contributed by atoms with Crippen molar-refractivity contribution in [3.05, 3.63) is 76.8 Å². The number of nitrogens with one attached hydrogen (secondary N) is 1. The molecule has 0 atom stereocenters. The summed E-state index contributed by atoms with van der Waals surface area (Å²) in [4.78, 5) is 24.7. The van der Waals surface area contributed by atoms with Crippen LogP contribution in [0.2, 0.25) is 0 Å². The maximum atomic E-state index is 12.4. The second-order valence-corrected chi connectivity index (χ2v) is 6.58. The van der Waals surface area contributed by atoms with Gasteiger partial charge in [0, 0.05) is 36.1 Å². The SMILES string of the molecule is Cn1cc(CCNC(=O)Cn2ncc3ccccc3c2=O)c2ccccc21. The number of hydrogen-bond acceptors (Lipinski definition) is 3. The maximum absolute atomic E-state index is 12.4. The van der Waals surface area contributed by atoms with Gasteiger partial charge in [0.25, 0.3) is 5.56 Å². The lowest BCUT2D eigenvalue weighted by atomic mass is 10.1. The van der Waals surface area contributed by atoms with Crippen LogP contribution in [0.5, 0.6) is 0 Å². The van der Waals surface area contributed by atoms with Crippen molar-refractivity contribution in [1.29, 1.82) is 0 Å². The zero-order valence-electron chi connectivity index (χ0n) is 15.1. The topological polar surface area (TPSA) is 68.9 Å². The summed E-state index contributed by atoms with van der Waals surface area (Å²) < 4.78 is 3.29. The normalized spacial score (nSPS) is 11.1.